The molecule has 0 unspecified atom stereocenters. The molecule has 25 heavy (non-hydrogen) atoms. The number of hydrogen-bond acceptors (Lipinski definition) is 5. The van der Waals surface area contributed by atoms with Crippen molar-refractivity contribution in [3.8, 4) is 0 Å². The minimum absolute atomic E-state index is 0.889. The Balaban J connectivity index is 1.71. The highest BCUT2D eigenvalue weighted by Gasteiger charge is 2.15. The predicted octanol–water partition coefficient (Wildman–Crippen LogP) is 2.18. The molecule has 5 nitrogen and oxygen atoms in total. The average molecular weight is 337 g/mol. The average Bonchev–Trinajstić information content (AvgIpc) is 2.60. The van der Waals surface area contributed by atoms with Crippen LogP contribution in [0.2, 0.25) is 0 Å². The van der Waals surface area contributed by atoms with Crippen molar-refractivity contribution in [1.29, 1.82) is 0 Å². The number of fused-ring (bicyclic) bond motifs is 4. The molecule has 2 aromatic heterocycles. The third kappa shape index (κ3) is 4.63. The van der Waals surface area contributed by atoms with Gasteiger partial charge in [-0.3, -0.25) is 19.8 Å². The lowest BCUT2D eigenvalue weighted by Crippen LogP contribution is -2.32. The molecule has 5 heteroatoms. The molecule has 2 aliphatic rings. The van der Waals surface area contributed by atoms with E-state index in [0.29, 0.717) is 0 Å². The summed E-state index contributed by atoms with van der Waals surface area (Å²) in [6, 6.07) is 12.9. The van der Waals surface area contributed by atoms with E-state index in [1.807, 2.05) is 0 Å². The molecule has 0 radical (unpaired) electrons. The number of nitrogens with one attached hydrogen (secondary N) is 1. The number of rotatable bonds is 0. The second-order valence-electron chi connectivity index (χ2n) is 7.12. The van der Waals surface area contributed by atoms with Gasteiger partial charge in [-0.25, -0.2) is 0 Å². The van der Waals surface area contributed by atoms with E-state index in [1.165, 1.54) is 22.8 Å². The molecule has 132 valence electrons. The predicted molar refractivity (Wildman–Crippen MR) is 98.8 cm³/mol. The van der Waals surface area contributed by atoms with Crippen LogP contribution in [-0.2, 0) is 26.2 Å². The normalized spacial score (nSPS) is 24.6. The Bertz CT molecular complexity index is 600. The first kappa shape index (κ1) is 16.6. The molecule has 0 amide bonds. The lowest BCUT2D eigenvalue weighted by atomic mass is 10.2. The van der Waals surface area contributed by atoms with Gasteiger partial charge in [0.05, 0.1) is 22.8 Å². The molecule has 4 heterocycles. The summed E-state index contributed by atoms with van der Waals surface area (Å²) in [6.45, 7) is 7.85. The van der Waals surface area contributed by atoms with Crippen LogP contribution in [0.15, 0.2) is 36.4 Å². The van der Waals surface area contributed by atoms with E-state index in [9.17, 15) is 0 Å². The molecule has 1 N–H and O–H groups in total. The van der Waals surface area contributed by atoms with Gasteiger partial charge in [-0.1, -0.05) is 12.1 Å². The molecule has 2 aliphatic heterocycles. The van der Waals surface area contributed by atoms with Crippen molar-refractivity contribution in [3.63, 3.8) is 0 Å². The molecule has 0 saturated heterocycles. The molecule has 4 rings (SSSR count). The van der Waals surface area contributed by atoms with Crippen LogP contribution >= 0.6 is 0 Å². The van der Waals surface area contributed by atoms with E-state index in [-0.39, 0.29) is 0 Å². The minimum Gasteiger partial charge on any atom is -0.317 e. The fourth-order valence-electron chi connectivity index (χ4n) is 3.74. The topological polar surface area (TPSA) is 44.3 Å². The van der Waals surface area contributed by atoms with Crippen LogP contribution in [0, 0.1) is 0 Å². The van der Waals surface area contributed by atoms with Crippen molar-refractivity contribution in [3.05, 3.63) is 59.2 Å². The molecule has 6 bridgehead atoms. The van der Waals surface area contributed by atoms with Crippen molar-refractivity contribution < 1.29 is 0 Å². The van der Waals surface area contributed by atoms with Gasteiger partial charge in [0.25, 0.3) is 0 Å². The van der Waals surface area contributed by atoms with Crippen LogP contribution in [0.1, 0.15) is 35.6 Å². The van der Waals surface area contributed by atoms with Crippen LogP contribution in [-0.4, -0.2) is 45.9 Å². The molecule has 0 atom stereocenters. The van der Waals surface area contributed by atoms with Gasteiger partial charge < -0.3 is 5.32 Å². The lowest BCUT2D eigenvalue weighted by Gasteiger charge is -2.26. The first-order valence-corrected chi connectivity index (χ1v) is 9.40. The maximum atomic E-state index is 4.93. The second-order valence-corrected chi connectivity index (χ2v) is 7.12. The Morgan fingerprint density at radius 2 is 1.04 bits per heavy atom. The van der Waals surface area contributed by atoms with Crippen LogP contribution in [0.5, 0.6) is 0 Å². The monoisotopic (exact) mass is 337 g/mol. The Hall–Kier alpha value is -1.82. The Morgan fingerprint density at radius 3 is 1.44 bits per heavy atom. The highest BCUT2D eigenvalue weighted by molar-refractivity contribution is 5.15. The fourth-order valence-corrected chi connectivity index (χ4v) is 3.74. The van der Waals surface area contributed by atoms with E-state index in [2.05, 4.69) is 51.5 Å². The molecule has 0 fully saturated rings. The molecule has 2 aromatic rings. The summed E-state index contributed by atoms with van der Waals surface area (Å²) in [5.74, 6) is 0. The van der Waals surface area contributed by atoms with Crippen LogP contribution in [0.3, 0.4) is 0 Å². The number of hydrogen-bond donors (Lipinski definition) is 1. The Kier molecular flexibility index (Phi) is 5.35. The summed E-state index contributed by atoms with van der Waals surface area (Å²) >= 11 is 0. The van der Waals surface area contributed by atoms with E-state index in [1.54, 1.807) is 0 Å². The van der Waals surface area contributed by atoms with E-state index in [4.69, 9.17) is 9.97 Å². The standard InChI is InChI=1S/C20H27N5/c1-5-17-13-24-11-3-9-21-10-4-12-25(14-18(6-1)22-17)16-20-8-2-7-19(15-24)23-20/h1-2,5-8,21H,3-4,9-16H2. The molecule has 0 saturated carbocycles. The van der Waals surface area contributed by atoms with Crippen LogP contribution in [0.4, 0.5) is 0 Å². The maximum Gasteiger partial charge on any atom is 0.0548 e. The molecule has 0 aliphatic carbocycles. The number of aromatic nitrogens is 2. The molecular weight excluding hydrogens is 310 g/mol. The van der Waals surface area contributed by atoms with E-state index >= 15 is 0 Å². The van der Waals surface area contributed by atoms with Crippen LogP contribution in [0.25, 0.3) is 0 Å². The van der Waals surface area contributed by atoms with Gasteiger partial charge in [0.1, 0.15) is 0 Å². The summed E-state index contributed by atoms with van der Waals surface area (Å²) in [7, 11) is 0. The van der Waals surface area contributed by atoms with Crippen LogP contribution < -0.4 is 5.32 Å². The van der Waals surface area contributed by atoms with Gasteiger partial charge in [0.2, 0.25) is 0 Å². The van der Waals surface area contributed by atoms with Gasteiger partial charge in [0, 0.05) is 39.3 Å². The fraction of sp³-hybridized carbons (Fsp3) is 0.500. The highest BCUT2D eigenvalue weighted by atomic mass is 15.2. The summed E-state index contributed by atoms with van der Waals surface area (Å²) in [6.07, 6.45) is 2.31. The zero-order valence-electron chi connectivity index (χ0n) is 14.8. The van der Waals surface area contributed by atoms with Gasteiger partial charge in [-0.2, -0.15) is 0 Å². The number of pyridine rings is 2. The number of nitrogens with zero attached hydrogens (tertiary/aromatic N) is 4. The van der Waals surface area contributed by atoms with E-state index in [0.717, 1.165) is 65.2 Å². The third-order valence-electron chi connectivity index (χ3n) is 4.93. The summed E-state index contributed by atoms with van der Waals surface area (Å²) in [4.78, 5) is 14.8. The van der Waals surface area contributed by atoms with Gasteiger partial charge in [-0.05, 0) is 50.2 Å². The lowest BCUT2D eigenvalue weighted by molar-refractivity contribution is 0.227. The minimum atomic E-state index is 0.889. The van der Waals surface area contributed by atoms with Gasteiger partial charge in [-0.15, -0.1) is 0 Å². The van der Waals surface area contributed by atoms with Crippen molar-refractivity contribution in [2.45, 2.75) is 39.0 Å². The summed E-state index contributed by atoms with van der Waals surface area (Å²) in [5, 5.41) is 3.59. The van der Waals surface area contributed by atoms with Gasteiger partial charge >= 0.3 is 0 Å². The van der Waals surface area contributed by atoms with Crippen molar-refractivity contribution in [1.82, 2.24) is 25.1 Å². The second kappa shape index (κ2) is 8.04. The summed E-state index contributed by atoms with van der Waals surface area (Å²) in [5.41, 5.74) is 4.66. The molecule has 0 spiro atoms. The quantitative estimate of drug-likeness (QED) is 0.798. The largest absolute Gasteiger partial charge is 0.317 e. The molecule has 0 aromatic carbocycles. The zero-order valence-corrected chi connectivity index (χ0v) is 14.8. The van der Waals surface area contributed by atoms with Crippen molar-refractivity contribution in [2.24, 2.45) is 0 Å². The molecular formula is C20H27N5. The first-order valence-electron chi connectivity index (χ1n) is 9.40. The van der Waals surface area contributed by atoms with E-state index < -0.39 is 0 Å². The van der Waals surface area contributed by atoms with Crippen molar-refractivity contribution in [2.75, 3.05) is 26.2 Å². The highest BCUT2D eigenvalue weighted by Crippen LogP contribution is 2.14. The third-order valence-corrected chi connectivity index (χ3v) is 4.93. The maximum absolute atomic E-state index is 4.93. The summed E-state index contributed by atoms with van der Waals surface area (Å²) < 4.78 is 0. The van der Waals surface area contributed by atoms with Crippen molar-refractivity contribution >= 4 is 0 Å². The Morgan fingerprint density at radius 1 is 0.640 bits per heavy atom. The Labute approximate surface area is 150 Å². The SMILES string of the molecule is c1cc2nc(c1)CN1CCCNCCCN(C2)Cc2cccc(n2)C1. The van der Waals surface area contributed by atoms with Gasteiger partial charge in [0.15, 0.2) is 0 Å². The first-order chi connectivity index (χ1) is 12.3. The zero-order chi connectivity index (χ0) is 16.9. The smallest absolute Gasteiger partial charge is 0.0548 e.